The Hall–Kier alpha value is -1.35. The number of fused-ring (bicyclic) bond motifs is 1. The molecule has 0 unspecified atom stereocenters. The third kappa shape index (κ3) is 3.29. The van der Waals surface area contributed by atoms with Crippen molar-refractivity contribution in [3.63, 3.8) is 0 Å². The normalized spacial score (nSPS) is 29.2. The third-order valence-corrected chi connectivity index (χ3v) is 5.23. The van der Waals surface area contributed by atoms with Crippen LogP contribution in [0.4, 0.5) is 0 Å². The molecule has 1 aliphatic carbocycles. The predicted octanol–water partition coefficient (Wildman–Crippen LogP) is 3.34. The van der Waals surface area contributed by atoms with Gasteiger partial charge in [-0.2, -0.15) is 0 Å². The van der Waals surface area contributed by atoms with Crippen LogP contribution in [0.5, 0.6) is 0 Å². The summed E-state index contributed by atoms with van der Waals surface area (Å²) in [6.45, 7) is 0.924. The Labute approximate surface area is 127 Å². The molecule has 0 amide bonds. The highest BCUT2D eigenvalue weighted by molar-refractivity contribution is 5.74. The van der Waals surface area contributed by atoms with Gasteiger partial charge < -0.3 is 5.11 Å². The number of hydrogen-bond acceptors (Lipinski definition) is 2. The topological polar surface area (TPSA) is 40.5 Å². The molecule has 3 rings (SSSR count). The van der Waals surface area contributed by atoms with Gasteiger partial charge in [0.2, 0.25) is 0 Å². The predicted molar refractivity (Wildman–Crippen MR) is 83.3 cm³/mol. The minimum absolute atomic E-state index is 0.242. The maximum absolute atomic E-state index is 11.5. The highest BCUT2D eigenvalue weighted by Gasteiger charge is 2.44. The van der Waals surface area contributed by atoms with E-state index in [4.69, 9.17) is 0 Å². The average Bonchev–Trinajstić information content (AvgIpc) is 2.88. The summed E-state index contributed by atoms with van der Waals surface area (Å²) in [5.74, 6) is 0.000636. The van der Waals surface area contributed by atoms with Crippen molar-refractivity contribution in [2.75, 3.05) is 6.54 Å². The summed E-state index contributed by atoms with van der Waals surface area (Å²) in [7, 11) is 0. The van der Waals surface area contributed by atoms with E-state index in [0.29, 0.717) is 12.0 Å². The minimum atomic E-state index is -0.621. The van der Waals surface area contributed by atoms with Crippen molar-refractivity contribution in [3.8, 4) is 0 Å². The second kappa shape index (κ2) is 6.61. The SMILES string of the molecule is O=C(O)[C@@H]1C[C@@H]2CCCC[C@H]2N1CCCc1ccccc1. The number of hydrogen-bond donors (Lipinski definition) is 1. The van der Waals surface area contributed by atoms with E-state index in [2.05, 4.69) is 29.2 Å². The third-order valence-electron chi connectivity index (χ3n) is 5.23. The van der Waals surface area contributed by atoms with E-state index >= 15 is 0 Å². The number of likely N-dealkylation sites (tertiary alicyclic amines) is 1. The first-order valence-electron chi connectivity index (χ1n) is 8.28. The molecule has 1 saturated heterocycles. The van der Waals surface area contributed by atoms with Crippen LogP contribution in [0.25, 0.3) is 0 Å². The largest absolute Gasteiger partial charge is 0.480 e. The lowest BCUT2D eigenvalue weighted by molar-refractivity contribution is -0.142. The zero-order valence-electron chi connectivity index (χ0n) is 12.6. The summed E-state index contributed by atoms with van der Waals surface area (Å²) in [6.07, 6.45) is 7.93. The van der Waals surface area contributed by atoms with Gasteiger partial charge in [-0.1, -0.05) is 43.2 Å². The van der Waals surface area contributed by atoms with Gasteiger partial charge in [-0.05, 0) is 50.1 Å². The Morgan fingerprint density at radius 1 is 1.19 bits per heavy atom. The molecule has 2 aliphatic rings. The summed E-state index contributed by atoms with van der Waals surface area (Å²) < 4.78 is 0. The van der Waals surface area contributed by atoms with Crippen molar-refractivity contribution in [1.82, 2.24) is 4.90 Å². The van der Waals surface area contributed by atoms with E-state index in [1.807, 2.05) is 6.07 Å². The van der Waals surface area contributed by atoms with Gasteiger partial charge in [0.05, 0.1) is 0 Å². The summed E-state index contributed by atoms with van der Waals surface area (Å²) in [5, 5.41) is 9.51. The molecule has 0 radical (unpaired) electrons. The van der Waals surface area contributed by atoms with Gasteiger partial charge in [0.1, 0.15) is 6.04 Å². The second-order valence-corrected chi connectivity index (χ2v) is 6.53. The van der Waals surface area contributed by atoms with E-state index < -0.39 is 5.97 Å². The smallest absolute Gasteiger partial charge is 0.320 e. The minimum Gasteiger partial charge on any atom is -0.480 e. The Balaban J connectivity index is 1.60. The van der Waals surface area contributed by atoms with Gasteiger partial charge in [-0.3, -0.25) is 9.69 Å². The zero-order chi connectivity index (χ0) is 14.7. The van der Waals surface area contributed by atoms with Crippen molar-refractivity contribution in [3.05, 3.63) is 35.9 Å². The number of benzene rings is 1. The molecule has 3 nitrogen and oxygen atoms in total. The van der Waals surface area contributed by atoms with E-state index in [1.165, 1.54) is 31.2 Å². The lowest BCUT2D eigenvalue weighted by atomic mass is 9.84. The van der Waals surface area contributed by atoms with Gasteiger partial charge in [-0.15, -0.1) is 0 Å². The Kier molecular flexibility index (Phi) is 4.59. The first kappa shape index (κ1) is 14.6. The van der Waals surface area contributed by atoms with Crippen LogP contribution in [0.15, 0.2) is 30.3 Å². The number of nitrogens with zero attached hydrogens (tertiary/aromatic N) is 1. The van der Waals surface area contributed by atoms with Crippen LogP contribution in [-0.4, -0.2) is 34.6 Å². The Morgan fingerprint density at radius 2 is 1.95 bits per heavy atom. The molecule has 1 N–H and O–H groups in total. The van der Waals surface area contributed by atoms with Crippen LogP contribution in [0.3, 0.4) is 0 Å². The first-order chi connectivity index (χ1) is 10.3. The fourth-order valence-electron chi connectivity index (χ4n) is 4.23. The van der Waals surface area contributed by atoms with Gasteiger partial charge >= 0.3 is 5.97 Å². The Bertz CT molecular complexity index is 473. The molecule has 114 valence electrons. The molecule has 1 heterocycles. The molecule has 1 aromatic carbocycles. The number of aryl methyl sites for hydroxylation is 1. The molecule has 0 spiro atoms. The van der Waals surface area contributed by atoms with E-state index in [0.717, 1.165) is 25.8 Å². The quantitative estimate of drug-likeness (QED) is 0.903. The monoisotopic (exact) mass is 287 g/mol. The standard InChI is InChI=1S/C18H25NO2/c20-18(21)17-13-15-10-4-5-11-16(15)19(17)12-6-9-14-7-2-1-3-8-14/h1-3,7-8,15-17H,4-6,9-13H2,(H,20,21)/t15-,16+,17-/m0/s1. The maximum atomic E-state index is 11.5. The van der Waals surface area contributed by atoms with Crippen LogP contribution in [-0.2, 0) is 11.2 Å². The first-order valence-corrected chi connectivity index (χ1v) is 8.28. The summed E-state index contributed by atoms with van der Waals surface area (Å²) in [4.78, 5) is 13.8. The number of aliphatic carboxylic acids is 1. The van der Waals surface area contributed by atoms with Crippen LogP contribution in [0.1, 0.15) is 44.1 Å². The van der Waals surface area contributed by atoms with Crippen LogP contribution >= 0.6 is 0 Å². The molecule has 1 aromatic rings. The molecule has 1 aliphatic heterocycles. The highest BCUT2D eigenvalue weighted by atomic mass is 16.4. The van der Waals surface area contributed by atoms with Gasteiger partial charge in [-0.25, -0.2) is 0 Å². The zero-order valence-corrected chi connectivity index (χ0v) is 12.6. The number of carboxylic acid groups (broad SMARTS) is 1. The Morgan fingerprint density at radius 3 is 2.71 bits per heavy atom. The number of carbonyl (C=O) groups is 1. The summed E-state index contributed by atoms with van der Waals surface area (Å²) >= 11 is 0. The second-order valence-electron chi connectivity index (χ2n) is 6.53. The van der Waals surface area contributed by atoms with Gasteiger partial charge in [0.25, 0.3) is 0 Å². The van der Waals surface area contributed by atoms with E-state index in [1.54, 1.807) is 0 Å². The fourth-order valence-corrected chi connectivity index (χ4v) is 4.23. The van der Waals surface area contributed by atoms with Crippen molar-refractivity contribution in [2.45, 2.75) is 57.0 Å². The molecule has 1 saturated carbocycles. The van der Waals surface area contributed by atoms with Crippen molar-refractivity contribution in [1.29, 1.82) is 0 Å². The average molecular weight is 287 g/mol. The molecule has 2 fully saturated rings. The lowest BCUT2D eigenvalue weighted by Crippen LogP contribution is -2.42. The molecule has 0 bridgehead atoms. The number of carboxylic acids is 1. The molecular formula is C18H25NO2. The van der Waals surface area contributed by atoms with Crippen LogP contribution in [0, 0.1) is 5.92 Å². The van der Waals surface area contributed by atoms with Crippen molar-refractivity contribution in [2.24, 2.45) is 5.92 Å². The number of rotatable bonds is 5. The van der Waals surface area contributed by atoms with Crippen LogP contribution < -0.4 is 0 Å². The van der Waals surface area contributed by atoms with Gasteiger partial charge in [0.15, 0.2) is 0 Å². The molecule has 21 heavy (non-hydrogen) atoms. The molecular weight excluding hydrogens is 262 g/mol. The maximum Gasteiger partial charge on any atom is 0.320 e. The van der Waals surface area contributed by atoms with E-state index in [9.17, 15) is 9.90 Å². The lowest BCUT2D eigenvalue weighted by Gasteiger charge is -2.33. The van der Waals surface area contributed by atoms with Gasteiger partial charge in [0, 0.05) is 6.04 Å². The fraction of sp³-hybridized carbons (Fsp3) is 0.611. The van der Waals surface area contributed by atoms with E-state index in [-0.39, 0.29) is 6.04 Å². The van der Waals surface area contributed by atoms with Crippen LogP contribution in [0.2, 0.25) is 0 Å². The summed E-state index contributed by atoms with van der Waals surface area (Å²) in [6, 6.07) is 10.8. The van der Waals surface area contributed by atoms with Crippen molar-refractivity contribution < 1.29 is 9.90 Å². The molecule has 3 atom stereocenters. The van der Waals surface area contributed by atoms with Crippen molar-refractivity contribution >= 4 is 5.97 Å². The molecule has 3 heteroatoms. The highest BCUT2D eigenvalue weighted by Crippen LogP contribution is 2.39. The summed E-state index contributed by atoms with van der Waals surface area (Å²) in [5.41, 5.74) is 1.35. The molecule has 0 aromatic heterocycles.